The molecule has 1 heteroatoms. The van der Waals surface area contributed by atoms with Crippen molar-refractivity contribution in [2.45, 2.75) is 51.6 Å². The van der Waals surface area contributed by atoms with Crippen molar-refractivity contribution < 1.29 is 5.11 Å². The number of hydrogen-bond donors (Lipinski definition) is 1. The maximum atomic E-state index is 9.34. The van der Waals surface area contributed by atoms with E-state index in [1.54, 1.807) is 0 Å². The van der Waals surface area contributed by atoms with Crippen molar-refractivity contribution in [2.24, 2.45) is 0 Å². The van der Waals surface area contributed by atoms with E-state index in [0.29, 0.717) is 0 Å². The number of unbranched alkanes of at least 4 members (excludes halogenated alkanes) is 2. The number of rotatable bonds is 2. The van der Waals surface area contributed by atoms with Gasteiger partial charge < -0.3 is 5.11 Å². The fraction of sp³-hybridized carbons (Fsp3) is 0.667. The van der Waals surface area contributed by atoms with Crippen LogP contribution in [0.5, 0.6) is 0 Å². The van der Waals surface area contributed by atoms with Crippen LogP contribution in [0.3, 0.4) is 0 Å². The molecular weight excluding hydrogens is 160 g/mol. The molecule has 1 atom stereocenters. The fourth-order valence-electron chi connectivity index (χ4n) is 1.45. The van der Waals surface area contributed by atoms with E-state index in [2.05, 4.69) is 18.8 Å². The lowest BCUT2D eigenvalue weighted by molar-refractivity contribution is 0.203. The van der Waals surface area contributed by atoms with Gasteiger partial charge in [-0.25, -0.2) is 0 Å². The zero-order chi connectivity index (χ0) is 9.52. The SMILES string of the molecule is CCCCC#CC1=CC(O)CCC1. The highest BCUT2D eigenvalue weighted by atomic mass is 16.3. The smallest absolute Gasteiger partial charge is 0.0732 e. The molecule has 1 N–H and O–H groups in total. The van der Waals surface area contributed by atoms with E-state index in [1.165, 1.54) is 12.8 Å². The van der Waals surface area contributed by atoms with Crippen LogP contribution >= 0.6 is 0 Å². The summed E-state index contributed by atoms with van der Waals surface area (Å²) in [4.78, 5) is 0. The summed E-state index contributed by atoms with van der Waals surface area (Å²) < 4.78 is 0. The van der Waals surface area contributed by atoms with E-state index in [4.69, 9.17) is 0 Å². The van der Waals surface area contributed by atoms with Gasteiger partial charge in [0.1, 0.15) is 0 Å². The second-order valence-corrected chi connectivity index (χ2v) is 3.56. The standard InChI is InChI=1S/C12H18O/c1-2-3-4-5-7-11-8-6-9-12(13)10-11/h10,12-13H,2-4,6,8-9H2,1H3. The molecule has 0 aliphatic heterocycles. The average Bonchev–Trinajstić information content (AvgIpc) is 2.13. The van der Waals surface area contributed by atoms with Gasteiger partial charge in [0.05, 0.1) is 6.10 Å². The lowest BCUT2D eigenvalue weighted by Crippen LogP contribution is -2.07. The Bertz CT molecular complexity index is 229. The van der Waals surface area contributed by atoms with Gasteiger partial charge in [-0.3, -0.25) is 0 Å². The van der Waals surface area contributed by atoms with Gasteiger partial charge in [-0.1, -0.05) is 25.2 Å². The minimum atomic E-state index is -0.246. The number of aliphatic hydroxyl groups excluding tert-OH is 1. The van der Waals surface area contributed by atoms with Crippen LogP contribution in [-0.4, -0.2) is 11.2 Å². The van der Waals surface area contributed by atoms with Crippen molar-refractivity contribution in [1.29, 1.82) is 0 Å². The Morgan fingerprint density at radius 3 is 3.15 bits per heavy atom. The maximum Gasteiger partial charge on any atom is 0.0732 e. The highest BCUT2D eigenvalue weighted by molar-refractivity contribution is 5.30. The van der Waals surface area contributed by atoms with E-state index in [-0.39, 0.29) is 6.10 Å². The highest BCUT2D eigenvalue weighted by Crippen LogP contribution is 2.16. The summed E-state index contributed by atoms with van der Waals surface area (Å²) in [5.74, 6) is 6.29. The molecule has 0 aromatic carbocycles. The van der Waals surface area contributed by atoms with E-state index in [1.807, 2.05) is 6.08 Å². The van der Waals surface area contributed by atoms with Crippen LogP contribution in [0.1, 0.15) is 45.4 Å². The Kier molecular flexibility index (Phi) is 4.64. The molecule has 0 radical (unpaired) electrons. The van der Waals surface area contributed by atoms with E-state index < -0.39 is 0 Å². The third-order valence-electron chi connectivity index (χ3n) is 2.24. The summed E-state index contributed by atoms with van der Waals surface area (Å²) >= 11 is 0. The molecule has 13 heavy (non-hydrogen) atoms. The Hall–Kier alpha value is -0.740. The fourth-order valence-corrected chi connectivity index (χ4v) is 1.45. The molecule has 0 bridgehead atoms. The van der Waals surface area contributed by atoms with Crippen LogP contribution in [0.25, 0.3) is 0 Å². The summed E-state index contributed by atoms with van der Waals surface area (Å²) in [6.45, 7) is 2.17. The number of hydrogen-bond acceptors (Lipinski definition) is 1. The van der Waals surface area contributed by atoms with Crippen molar-refractivity contribution in [3.05, 3.63) is 11.6 Å². The molecule has 0 heterocycles. The van der Waals surface area contributed by atoms with Crippen LogP contribution < -0.4 is 0 Å². The highest BCUT2D eigenvalue weighted by Gasteiger charge is 2.08. The molecule has 0 fully saturated rings. The molecule has 1 aliphatic carbocycles. The first kappa shape index (κ1) is 10.3. The maximum absolute atomic E-state index is 9.34. The largest absolute Gasteiger partial charge is 0.389 e. The Morgan fingerprint density at radius 2 is 2.46 bits per heavy atom. The number of aliphatic hydroxyl groups is 1. The quantitative estimate of drug-likeness (QED) is 0.509. The van der Waals surface area contributed by atoms with Crippen molar-refractivity contribution in [3.63, 3.8) is 0 Å². The zero-order valence-corrected chi connectivity index (χ0v) is 8.34. The van der Waals surface area contributed by atoms with Gasteiger partial charge in [-0.2, -0.15) is 0 Å². The molecular formula is C12H18O. The van der Waals surface area contributed by atoms with E-state index >= 15 is 0 Å². The van der Waals surface area contributed by atoms with Gasteiger partial charge in [0.15, 0.2) is 0 Å². The van der Waals surface area contributed by atoms with Crippen LogP contribution in [-0.2, 0) is 0 Å². The molecule has 1 aliphatic rings. The Balaban J connectivity index is 2.37. The molecule has 0 saturated heterocycles. The van der Waals surface area contributed by atoms with Gasteiger partial charge in [-0.15, -0.1) is 0 Å². The summed E-state index contributed by atoms with van der Waals surface area (Å²) in [5, 5.41) is 9.34. The number of allylic oxidation sites excluding steroid dienone is 1. The van der Waals surface area contributed by atoms with Crippen molar-refractivity contribution in [3.8, 4) is 11.8 Å². The van der Waals surface area contributed by atoms with Crippen LogP contribution in [0.15, 0.2) is 11.6 Å². The molecule has 1 nitrogen and oxygen atoms in total. The van der Waals surface area contributed by atoms with Gasteiger partial charge in [0.2, 0.25) is 0 Å². The molecule has 0 aromatic heterocycles. The average molecular weight is 178 g/mol. The Labute approximate surface area is 80.9 Å². The van der Waals surface area contributed by atoms with Gasteiger partial charge in [0, 0.05) is 12.0 Å². The first-order valence-electron chi connectivity index (χ1n) is 5.20. The molecule has 0 spiro atoms. The predicted molar refractivity (Wildman–Crippen MR) is 55.2 cm³/mol. The van der Waals surface area contributed by atoms with Gasteiger partial charge >= 0.3 is 0 Å². The minimum absolute atomic E-state index is 0.246. The van der Waals surface area contributed by atoms with Crippen LogP contribution in [0.2, 0.25) is 0 Å². The minimum Gasteiger partial charge on any atom is -0.389 e. The van der Waals surface area contributed by atoms with E-state index in [0.717, 1.165) is 31.3 Å². The first-order valence-corrected chi connectivity index (χ1v) is 5.20. The lowest BCUT2D eigenvalue weighted by Gasteiger charge is -2.12. The summed E-state index contributed by atoms with van der Waals surface area (Å²) in [7, 11) is 0. The first-order chi connectivity index (χ1) is 6.33. The molecule has 0 aromatic rings. The zero-order valence-electron chi connectivity index (χ0n) is 8.34. The molecule has 1 rings (SSSR count). The summed E-state index contributed by atoms with van der Waals surface area (Å²) in [5.41, 5.74) is 1.13. The van der Waals surface area contributed by atoms with Crippen LogP contribution in [0.4, 0.5) is 0 Å². The lowest BCUT2D eigenvalue weighted by atomic mass is 9.98. The van der Waals surface area contributed by atoms with Gasteiger partial charge in [0.25, 0.3) is 0 Å². The normalized spacial score (nSPS) is 21.7. The molecule has 72 valence electrons. The van der Waals surface area contributed by atoms with Gasteiger partial charge in [-0.05, 0) is 31.8 Å². The molecule has 1 unspecified atom stereocenters. The summed E-state index contributed by atoms with van der Waals surface area (Å²) in [6.07, 6.45) is 8.07. The topological polar surface area (TPSA) is 20.2 Å². The molecule has 0 amide bonds. The summed E-state index contributed by atoms with van der Waals surface area (Å²) in [6, 6.07) is 0. The Morgan fingerprint density at radius 1 is 1.62 bits per heavy atom. The van der Waals surface area contributed by atoms with E-state index in [9.17, 15) is 5.11 Å². The third kappa shape index (κ3) is 4.15. The monoisotopic (exact) mass is 178 g/mol. The van der Waals surface area contributed by atoms with Crippen molar-refractivity contribution >= 4 is 0 Å². The van der Waals surface area contributed by atoms with Crippen molar-refractivity contribution in [2.75, 3.05) is 0 Å². The molecule has 0 saturated carbocycles. The third-order valence-corrected chi connectivity index (χ3v) is 2.24. The second kappa shape index (κ2) is 5.83. The van der Waals surface area contributed by atoms with Crippen molar-refractivity contribution in [1.82, 2.24) is 0 Å². The predicted octanol–water partition coefficient (Wildman–Crippen LogP) is 2.65. The van der Waals surface area contributed by atoms with Crippen LogP contribution in [0, 0.1) is 11.8 Å². The second-order valence-electron chi connectivity index (χ2n) is 3.56.